The molecule has 6 heteroatoms. The van der Waals surface area contributed by atoms with Crippen LogP contribution in [-0.4, -0.2) is 40.3 Å². The molecule has 0 spiro atoms. The van der Waals surface area contributed by atoms with E-state index in [1.807, 2.05) is 24.3 Å². The number of aromatic carboxylic acids is 1. The molecule has 0 unspecified atom stereocenters. The number of ether oxygens (including phenoxy) is 1. The van der Waals surface area contributed by atoms with E-state index in [9.17, 15) is 4.79 Å². The van der Waals surface area contributed by atoms with Gasteiger partial charge >= 0.3 is 5.97 Å². The summed E-state index contributed by atoms with van der Waals surface area (Å²) in [6.07, 6.45) is 0. The first-order valence-electron chi connectivity index (χ1n) is 5.81. The third-order valence-corrected chi connectivity index (χ3v) is 2.82. The maximum atomic E-state index is 10.8. The maximum Gasteiger partial charge on any atom is 0.353 e. The van der Waals surface area contributed by atoms with Crippen molar-refractivity contribution < 1.29 is 14.6 Å². The van der Waals surface area contributed by atoms with Crippen LogP contribution in [0.2, 0.25) is 0 Å². The molecule has 19 heavy (non-hydrogen) atoms. The van der Waals surface area contributed by atoms with Gasteiger partial charge in [0.2, 0.25) is 5.90 Å². The highest BCUT2D eigenvalue weighted by molar-refractivity contribution is 5.95. The summed E-state index contributed by atoms with van der Waals surface area (Å²) in [5, 5.41) is 15.3. The molecule has 0 saturated heterocycles. The summed E-state index contributed by atoms with van der Waals surface area (Å²) >= 11 is 0. The Morgan fingerprint density at radius 1 is 1.26 bits per heavy atom. The summed E-state index contributed by atoms with van der Waals surface area (Å²) in [5.41, 5.74) is 2.42. The number of carboxylic acid groups (broad SMARTS) is 1. The number of carbonyl (C=O) groups is 1. The Balaban J connectivity index is 1.87. The van der Waals surface area contributed by atoms with Crippen molar-refractivity contribution >= 4 is 11.9 Å². The van der Waals surface area contributed by atoms with Crippen LogP contribution < -0.4 is 0 Å². The molecule has 1 aromatic carbocycles. The van der Waals surface area contributed by atoms with E-state index in [0.717, 1.165) is 11.1 Å². The van der Waals surface area contributed by atoms with E-state index in [1.165, 1.54) is 6.07 Å². The number of H-pyrrole nitrogens is 1. The molecule has 0 amide bonds. The Labute approximate surface area is 108 Å². The fourth-order valence-electron chi connectivity index (χ4n) is 1.87. The van der Waals surface area contributed by atoms with Gasteiger partial charge in [-0.2, -0.15) is 5.10 Å². The first-order valence-corrected chi connectivity index (χ1v) is 5.81. The third kappa shape index (κ3) is 2.20. The van der Waals surface area contributed by atoms with Gasteiger partial charge in [-0.25, -0.2) is 9.79 Å². The number of aromatic nitrogens is 2. The molecule has 0 saturated carbocycles. The highest BCUT2D eigenvalue weighted by Crippen LogP contribution is 2.19. The number of rotatable bonds is 3. The number of nitrogens with one attached hydrogen (secondary N) is 1. The molecule has 3 rings (SSSR count). The molecule has 6 nitrogen and oxygen atoms in total. The minimum atomic E-state index is -1.02. The second kappa shape index (κ2) is 4.56. The van der Waals surface area contributed by atoms with Crippen LogP contribution in [-0.2, 0) is 4.74 Å². The zero-order valence-corrected chi connectivity index (χ0v) is 9.96. The lowest BCUT2D eigenvalue weighted by atomic mass is 10.1. The number of benzene rings is 1. The van der Waals surface area contributed by atoms with Crippen LogP contribution in [0, 0.1) is 0 Å². The molecule has 1 aromatic heterocycles. The molecule has 0 aliphatic carbocycles. The number of hydrogen-bond donors (Lipinski definition) is 2. The Morgan fingerprint density at radius 3 is 2.58 bits per heavy atom. The second-order valence-electron chi connectivity index (χ2n) is 4.08. The number of carboxylic acids is 1. The molecule has 2 aromatic rings. The van der Waals surface area contributed by atoms with Gasteiger partial charge in [0, 0.05) is 11.1 Å². The highest BCUT2D eigenvalue weighted by atomic mass is 16.5. The number of aliphatic imine (C=N–C) groups is 1. The van der Waals surface area contributed by atoms with Gasteiger partial charge in [0.15, 0.2) is 0 Å². The van der Waals surface area contributed by atoms with Crippen LogP contribution in [0.5, 0.6) is 0 Å². The fraction of sp³-hybridized carbons (Fsp3) is 0.154. The minimum absolute atomic E-state index is 0.0718. The van der Waals surface area contributed by atoms with Gasteiger partial charge in [-0.15, -0.1) is 0 Å². The van der Waals surface area contributed by atoms with E-state index in [0.29, 0.717) is 24.7 Å². The molecular formula is C13H11N3O3. The molecule has 1 aliphatic rings. The summed E-state index contributed by atoms with van der Waals surface area (Å²) in [7, 11) is 0. The smallest absolute Gasteiger partial charge is 0.353 e. The van der Waals surface area contributed by atoms with E-state index in [-0.39, 0.29) is 5.69 Å². The topological polar surface area (TPSA) is 87.6 Å². The monoisotopic (exact) mass is 257 g/mol. The first kappa shape index (κ1) is 11.5. The fourth-order valence-corrected chi connectivity index (χ4v) is 1.87. The quantitative estimate of drug-likeness (QED) is 0.873. The van der Waals surface area contributed by atoms with Crippen LogP contribution in [0.25, 0.3) is 11.3 Å². The van der Waals surface area contributed by atoms with E-state index >= 15 is 0 Å². The highest BCUT2D eigenvalue weighted by Gasteiger charge is 2.12. The summed E-state index contributed by atoms with van der Waals surface area (Å²) < 4.78 is 5.37. The van der Waals surface area contributed by atoms with Gasteiger partial charge in [0.05, 0.1) is 12.2 Å². The maximum absolute atomic E-state index is 10.8. The first-order chi connectivity index (χ1) is 9.24. The Morgan fingerprint density at radius 2 is 2.00 bits per heavy atom. The largest absolute Gasteiger partial charge is 0.477 e. The molecular weight excluding hydrogens is 246 g/mol. The van der Waals surface area contributed by atoms with E-state index in [2.05, 4.69) is 15.2 Å². The molecule has 96 valence electrons. The van der Waals surface area contributed by atoms with Crippen LogP contribution in [0.4, 0.5) is 0 Å². The van der Waals surface area contributed by atoms with Crippen LogP contribution >= 0.6 is 0 Å². The summed E-state index contributed by atoms with van der Waals surface area (Å²) in [4.78, 5) is 15.0. The van der Waals surface area contributed by atoms with Gasteiger partial charge in [-0.1, -0.05) is 12.1 Å². The summed E-state index contributed by atoms with van der Waals surface area (Å²) in [6, 6.07) is 8.99. The molecule has 2 N–H and O–H groups in total. The third-order valence-electron chi connectivity index (χ3n) is 2.82. The zero-order chi connectivity index (χ0) is 13.2. The van der Waals surface area contributed by atoms with Crippen molar-refractivity contribution in [1.82, 2.24) is 10.2 Å². The molecule has 0 fully saturated rings. The number of nitrogens with zero attached hydrogens (tertiary/aromatic N) is 2. The standard InChI is InChI=1S/C13H11N3O3/c17-13(18)11-7-10(15-16-11)8-1-3-9(4-2-8)12-14-5-6-19-12/h1-4,7H,5-6H2,(H,15,16)(H,17,18). The molecule has 2 heterocycles. The lowest BCUT2D eigenvalue weighted by Gasteiger charge is -2.02. The van der Waals surface area contributed by atoms with Crippen molar-refractivity contribution in [3.05, 3.63) is 41.6 Å². The molecule has 0 bridgehead atoms. The van der Waals surface area contributed by atoms with E-state index in [4.69, 9.17) is 9.84 Å². The predicted molar refractivity (Wildman–Crippen MR) is 68.3 cm³/mol. The second-order valence-corrected chi connectivity index (χ2v) is 4.08. The van der Waals surface area contributed by atoms with Crippen LogP contribution in [0.1, 0.15) is 16.1 Å². The lowest BCUT2D eigenvalue weighted by Crippen LogP contribution is -2.00. The minimum Gasteiger partial charge on any atom is -0.477 e. The summed E-state index contributed by atoms with van der Waals surface area (Å²) in [6.45, 7) is 1.32. The van der Waals surface area contributed by atoms with Gasteiger partial charge in [0.25, 0.3) is 0 Å². The van der Waals surface area contributed by atoms with Crippen molar-refractivity contribution in [1.29, 1.82) is 0 Å². The molecule has 1 aliphatic heterocycles. The van der Waals surface area contributed by atoms with Gasteiger partial charge in [0.1, 0.15) is 12.3 Å². The number of hydrogen-bond acceptors (Lipinski definition) is 4. The van der Waals surface area contributed by atoms with Crippen molar-refractivity contribution in [2.75, 3.05) is 13.2 Å². The van der Waals surface area contributed by atoms with E-state index in [1.54, 1.807) is 0 Å². The summed E-state index contributed by atoms with van der Waals surface area (Å²) in [5.74, 6) is -0.371. The van der Waals surface area contributed by atoms with Crippen molar-refractivity contribution in [3.8, 4) is 11.3 Å². The van der Waals surface area contributed by atoms with Crippen LogP contribution in [0.3, 0.4) is 0 Å². The molecule has 0 atom stereocenters. The Hall–Kier alpha value is -2.63. The zero-order valence-electron chi connectivity index (χ0n) is 9.96. The Bertz CT molecular complexity index is 643. The van der Waals surface area contributed by atoms with Gasteiger partial charge in [-0.05, 0) is 18.2 Å². The average molecular weight is 257 g/mol. The normalized spacial score (nSPS) is 14.0. The van der Waals surface area contributed by atoms with Crippen molar-refractivity contribution in [2.24, 2.45) is 4.99 Å². The number of aromatic amines is 1. The Kier molecular flexibility index (Phi) is 2.75. The lowest BCUT2D eigenvalue weighted by molar-refractivity contribution is 0.0690. The SMILES string of the molecule is O=C(O)c1cc(-c2ccc(C3=NCCO3)cc2)n[nH]1. The van der Waals surface area contributed by atoms with Gasteiger partial charge < -0.3 is 9.84 Å². The van der Waals surface area contributed by atoms with Crippen molar-refractivity contribution in [2.45, 2.75) is 0 Å². The van der Waals surface area contributed by atoms with Crippen molar-refractivity contribution in [3.63, 3.8) is 0 Å². The van der Waals surface area contributed by atoms with Gasteiger partial charge in [-0.3, -0.25) is 5.10 Å². The molecule has 0 radical (unpaired) electrons. The van der Waals surface area contributed by atoms with E-state index < -0.39 is 5.97 Å². The average Bonchev–Trinajstić information content (AvgIpc) is 3.11. The van der Waals surface area contributed by atoms with Crippen LogP contribution in [0.15, 0.2) is 35.3 Å². The predicted octanol–water partition coefficient (Wildman–Crippen LogP) is 1.55.